The molecular formula is C21H27BrN4O4. The molecule has 1 heterocycles. The Balaban J connectivity index is 1.85. The Morgan fingerprint density at radius 2 is 2.07 bits per heavy atom. The van der Waals surface area contributed by atoms with Crippen molar-refractivity contribution in [3.63, 3.8) is 0 Å². The van der Waals surface area contributed by atoms with Crippen molar-refractivity contribution in [3.05, 3.63) is 45.9 Å². The normalized spacial score (nSPS) is 10.4. The van der Waals surface area contributed by atoms with Gasteiger partial charge < -0.3 is 15.6 Å². The number of nitrogens with zero attached hydrogens (tertiary/aromatic N) is 1. The van der Waals surface area contributed by atoms with Crippen LogP contribution in [0.2, 0.25) is 0 Å². The van der Waals surface area contributed by atoms with Crippen molar-refractivity contribution in [1.82, 2.24) is 9.55 Å². The molecule has 0 atom stereocenters. The van der Waals surface area contributed by atoms with Gasteiger partial charge in [0.1, 0.15) is 0 Å². The summed E-state index contributed by atoms with van der Waals surface area (Å²) in [5.74, 6) is 5.65. The summed E-state index contributed by atoms with van der Waals surface area (Å²) < 4.78 is 6.69. The first-order valence-electron chi connectivity index (χ1n) is 9.81. The molecule has 0 radical (unpaired) electrons. The van der Waals surface area contributed by atoms with Gasteiger partial charge in [0, 0.05) is 23.9 Å². The minimum atomic E-state index is -0.880. The number of nitrogens with one attached hydrogen (secondary N) is 2. The molecule has 30 heavy (non-hydrogen) atoms. The van der Waals surface area contributed by atoms with Gasteiger partial charge in [0.2, 0.25) is 5.88 Å². The molecule has 0 fully saturated rings. The van der Waals surface area contributed by atoms with Crippen LogP contribution in [0.25, 0.3) is 0 Å². The summed E-state index contributed by atoms with van der Waals surface area (Å²) in [6, 6.07) is 6.50. The first kappa shape index (κ1) is 23.6. The van der Waals surface area contributed by atoms with Gasteiger partial charge in [0.15, 0.2) is 5.82 Å². The average Bonchev–Trinajstić information content (AvgIpc) is 2.96. The smallest absolute Gasteiger partial charge is 0.330 e. The molecule has 0 spiro atoms. The molecule has 0 unspecified atom stereocenters. The third-order valence-electron chi connectivity index (χ3n) is 4.25. The Morgan fingerprint density at radius 1 is 1.27 bits per heavy atom. The number of aromatic amines is 1. The number of carbonyl (C=O) groups is 1. The molecule has 5 N–H and O–H groups in total. The van der Waals surface area contributed by atoms with E-state index < -0.39 is 11.7 Å². The van der Waals surface area contributed by atoms with E-state index >= 15 is 0 Å². The standard InChI is InChI=1S/C21H27BrN4O4/c22-11-4-1-2-5-12-30-13-6-3-8-16-9-7-10-17(14-16)15-26-19(27)18(24-20(23)28)25-21(26)29/h7,9-10,14,27H,1-2,4-6,11-13,15H2,(H,25,29)(H3,23,24,28). The molecule has 2 rings (SSSR count). The highest BCUT2D eigenvalue weighted by Gasteiger charge is 2.14. The molecule has 0 saturated carbocycles. The second-order valence-electron chi connectivity index (χ2n) is 6.67. The highest BCUT2D eigenvalue weighted by atomic mass is 79.9. The average molecular weight is 479 g/mol. The molecule has 162 valence electrons. The van der Waals surface area contributed by atoms with E-state index in [2.05, 4.69) is 38.1 Å². The minimum Gasteiger partial charge on any atom is -0.492 e. The van der Waals surface area contributed by atoms with E-state index in [1.807, 2.05) is 24.3 Å². The number of aromatic hydroxyl groups is 1. The van der Waals surface area contributed by atoms with Gasteiger partial charge in [-0.1, -0.05) is 52.7 Å². The molecule has 1 aromatic heterocycles. The molecule has 2 amide bonds. The fourth-order valence-corrected chi connectivity index (χ4v) is 3.19. The molecule has 0 aliphatic heterocycles. The number of alkyl halides is 1. The highest BCUT2D eigenvalue weighted by Crippen LogP contribution is 2.19. The lowest BCUT2D eigenvalue weighted by molar-refractivity contribution is 0.135. The number of amides is 2. The van der Waals surface area contributed by atoms with Crippen LogP contribution in [-0.4, -0.2) is 39.2 Å². The number of ether oxygens (including phenoxy) is 1. The Labute approximate surface area is 183 Å². The number of carbonyl (C=O) groups excluding carboxylic acids is 1. The van der Waals surface area contributed by atoms with Crippen LogP contribution in [0, 0.1) is 11.8 Å². The van der Waals surface area contributed by atoms with E-state index in [9.17, 15) is 14.7 Å². The number of benzene rings is 1. The first-order valence-corrected chi connectivity index (χ1v) is 10.9. The number of imidazole rings is 1. The summed E-state index contributed by atoms with van der Waals surface area (Å²) in [4.78, 5) is 25.3. The maximum atomic E-state index is 12.0. The van der Waals surface area contributed by atoms with Crippen molar-refractivity contribution in [2.45, 2.75) is 38.6 Å². The van der Waals surface area contributed by atoms with Gasteiger partial charge in [0.05, 0.1) is 13.2 Å². The zero-order valence-corrected chi connectivity index (χ0v) is 18.3. The Kier molecular flexibility index (Phi) is 10.0. The number of nitrogens with two attached hydrogens (primary N) is 1. The van der Waals surface area contributed by atoms with Gasteiger partial charge in [0.25, 0.3) is 0 Å². The van der Waals surface area contributed by atoms with Gasteiger partial charge >= 0.3 is 11.7 Å². The maximum Gasteiger partial charge on any atom is 0.330 e. The second-order valence-corrected chi connectivity index (χ2v) is 7.46. The third-order valence-corrected chi connectivity index (χ3v) is 4.81. The van der Waals surface area contributed by atoms with Crippen LogP contribution in [-0.2, 0) is 11.3 Å². The summed E-state index contributed by atoms with van der Waals surface area (Å²) in [7, 11) is 0. The fraction of sp³-hybridized carbons (Fsp3) is 0.429. The summed E-state index contributed by atoms with van der Waals surface area (Å²) in [5, 5.41) is 13.3. The van der Waals surface area contributed by atoms with E-state index in [-0.39, 0.29) is 18.2 Å². The number of H-pyrrole nitrogens is 1. The van der Waals surface area contributed by atoms with E-state index in [1.165, 1.54) is 19.3 Å². The van der Waals surface area contributed by atoms with Crippen molar-refractivity contribution < 1.29 is 14.6 Å². The second kappa shape index (κ2) is 12.8. The Morgan fingerprint density at radius 3 is 2.83 bits per heavy atom. The predicted molar refractivity (Wildman–Crippen MR) is 120 cm³/mol. The van der Waals surface area contributed by atoms with Crippen molar-refractivity contribution in [2.75, 3.05) is 23.9 Å². The summed E-state index contributed by atoms with van der Waals surface area (Å²) >= 11 is 3.42. The lowest BCUT2D eigenvalue weighted by atomic mass is 10.1. The SMILES string of the molecule is NC(=O)Nc1[nH]c(=O)n(Cc2cccc(C#CCCOCCCCCCBr)c2)c1O. The van der Waals surface area contributed by atoms with Gasteiger partial charge in [-0.2, -0.15) is 0 Å². The maximum absolute atomic E-state index is 12.0. The summed E-state index contributed by atoms with van der Waals surface area (Å²) in [6.07, 6.45) is 5.33. The third kappa shape index (κ3) is 7.97. The predicted octanol–water partition coefficient (Wildman–Crippen LogP) is 3.13. The molecule has 9 heteroatoms. The van der Waals surface area contributed by atoms with Crippen molar-refractivity contribution in [3.8, 4) is 17.7 Å². The van der Waals surface area contributed by atoms with Crippen LogP contribution in [0.5, 0.6) is 5.88 Å². The van der Waals surface area contributed by atoms with Crippen molar-refractivity contribution in [1.29, 1.82) is 0 Å². The molecule has 2 aromatic rings. The number of urea groups is 1. The molecule has 0 aliphatic carbocycles. The minimum absolute atomic E-state index is 0.120. The molecule has 1 aromatic carbocycles. The van der Waals surface area contributed by atoms with Gasteiger partial charge in [-0.05, 0) is 30.5 Å². The van der Waals surface area contributed by atoms with Crippen LogP contribution in [0.1, 0.15) is 43.2 Å². The monoisotopic (exact) mass is 478 g/mol. The summed E-state index contributed by atoms with van der Waals surface area (Å²) in [5.41, 5.74) is 6.05. The van der Waals surface area contributed by atoms with E-state index in [0.29, 0.717) is 13.0 Å². The Hall–Kier alpha value is -2.70. The number of rotatable bonds is 11. The van der Waals surface area contributed by atoms with Crippen LogP contribution in [0.15, 0.2) is 29.1 Å². The number of primary amides is 1. The largest absolute Gasteiger partial charge is 0.492 e. The number of hydrogen-bond acceptors (Lipinski definition) is 4. The number of aromatic nitrogens is 2. The zero-order valence-electron chi connectivity index (χ0n) is 16.7. The van der Waals surface area contributed by atoms with Crippen molar-refractivity contribution in [2.24, 2.45) is 5.73 Å². The molecular weight excluding hydrogens is 452 g/mol. The van der Waals surface area contributed by atoms with Crippen molar-refractivity contribution >= 4 is 27.8 Å². The van der Waals surface area contributed by atoms with Gasteiger partial charge in [-0.25, -0.2) is 9.59 Å². The zero-order chi connectivity index (χ0) is 21.8. The molecule has 0 bridgehead atoms. The van der Waals surface area contributed by atoms with Crippen LogP contribution >= 0.6 is 15.9 Å². The van der Waals surface area contributed by atoms with E-state index in [0.717, 1.165) is 34.1 Å². The quantitative estimate of drug-likeness (QED) is 0.225. The van der Waals surface area contributed by atoms with E-state index in [1.54, 1.807) is 0 Å². The lowest BCUT2D eigenvalue weighted by Crippen LogP contribution is -2.20. The number of unbranched alkanes of at least 4 members (excludes halogenated alkanes) is 3. The number of halogens is 1. The van der Waals surface area contributed by atoms with E-state index in [4.69, 9.17) is 10.5 Å². The molecule has 8 nitrogen and oxygen atoms in total. The van der Waals surface area contributed by atoms with Gasteiger partial charge in [-0.3, -0.25) is 14.9 Å². The van der Waals surface area contributed by atoms with Gasteiger partial charge in [-0.15, -0.1) is 0 Å². The summed E-state index contributed by atoms with van der Waals surface area (Å²) in [6.45, 7) is 1.49. The van der Waals surface area contributed by atoms with Crippen LogP contribution in [0.4, 0.5) is 10.6 Å². The highest BCUT2D eigenvalue weighted by molar-refractivity contribution is 9.09. The van der Waals surface area contributed by atoms with Crippen LogP contribution < -0.4 is 16.7 Å². The number of anilines is 1. The number of hydrogen-bond donors (Lipinski definition) is 4. The molecule has 0 aliphatic rings. The fourth-order valence-electron chi connectivity index (χ4n) is 2.79. The van der Waals surface area contributed by atoms with Crippen LogP contribution in [0.3, 0.4) is 0 Å². The topological polar surface area (TPSA) is 122 Å². The molecule has 0 saturated heterocycles. The Bertz CT molecular complexity index is 942. The lowest BCUT2D eigenvalue weighted by Gasteiger charge is -2.05. The first-order chi connectivity index (χ1) is 14.5.